The van der Waals surface area contributed by atoms with Gasteiger partial charge in [0.25, 0.3) is 0 Å². The van der Waals surface area contributed by atoms with Gasteiger partial charge in [-0.2, -0.15) is 0 Å². The van der Waals surface area contributed by atoms with Gasteiger partial charge in [0.15, 0.2) is 11.5 Å². The lowest BCUT2D eigenvalue weighted by Gasteiger charge is -2.20. The molecule has 0 fully saturated rings. The Balaban J connectivity index is 1.85. The second-order valence-corrected chi connectivity index (χ2v) is 7.03. The van der Waals surface area contributed by atoms with Gasteiger partial charge >= 0.3 is 0 Å². The molecule has 0 saturated heterocycles. The second-order valence-electron chi connectivity index (χ2n) is 5.31. The number of hydrogen-bond acceptors (Lipinski definition) is 4. The zero-order valence-electron chi connectivity index (χ0n) is 12.8. The predicted octanol–water partition coefficient (Wildman–Crippen LogP) is 2.78. The van der Waals surface area contributed by atoms with Crippen molar-refractivity contribution in [3.63, 3.8) is 0 Å². The van der Waals surface area contributed by atoms with Crippen molar-refractivity contribution in [2.24, 2.45) is 0 Å². The molecule has 1 heterocycles. The van der Waals surface area contributed by atoms with Gasteiger partial charge in [0.05, 0.1) is 4.90 Å². The van der Waals surface area contributed by atoms with E-state index in [-0.39, 0.29) is 10.5 Å². The van der Waals surface area contributed by atoms with Gasteiger partial charge in [-0.15, -0.1) is 0 Å². The topological polar surface area (TPSA) is 64.6 Å². The first-order valence-electron chi connectivity index (χ1n) is 7.24. The molecule has 1 atom stereocenters. The van der Waals surface area contributed by atoms with Gasteiger partial charge in [0.2, 0.25) is 10.0 Å². The first kappa shape index (κ1) is 16.7. The fourth-order valence-electron chi connectivity index (χ4n) is 2.41. The predicted molar refractivity (Wildman–Crippen MR) is 82.5 cm³/mol. The monoisotopic (exact) mass is 355 g/mol. The quantitative estimate of drug-likeness (QED) is 0.916. The van der Waals surface area contributed by atoms with Crippen LogP contribution < -0.4 is 14.2 Å². The smallest absolute Gasteiger partial charge is 0.241 e. The van der Waals surface area contributed by atoms with Gasteiger partial charge in [0.1, 0.15) is 24.8 Å². The number of halogens is 2. The maximum absolute atomic E-state index is 13.8. The minimum absolute atomic E-state index is 0.0267. The van der Waals surface area contributed by atoms with E-state index in [0.717, 1.165) is 6.07 Å². The minimum Gasteiger partial charge on any atom is -0.486 e. The molecular weight excluding hydrogens is 340 g/mol. The highest BCUT2D eigenvalue weighted by molar-refractivity contribution is 7.89. The van der Waals surface area contributed by atoms with E-state index in [4.69, 9.17) is 9.47 Å². The summed E-state index contributed by atoms with van der Waals surface area (Å²) in [5, 5.41) is 0. The third-order valence-corrected chi connectivity index (χ3v) is 5.12. The van der Waals surface area contributed by atoms with E-state index in [9.17, 15) is 17.2 Å². The van der Waals surface area contributed by atoms with Crippen molar-refractivity contribution in [1.82, 2.24) is 4.72 Å². The second kappa shape index (κ2) is 6.37. The third kappa shape index (κ3) is 3.34. The Labute approximate surface area is 138 Å². The van der Waals surface area contributed by atoms with Crippen LogP contribution in [0.15, 0.2) is 41.3 Å². The molecule has 2 aromatic rings. The van der Waals surface area contributed by atoms with Crippen molar-refractivity contribution in [3.8, 4) is 11.5 Å². The maximum Gasteiger partial charge on any atom is 0.241 e. The molecule has 3 rings (SSSR count). The molecule has 0 radical (unpaired) electrons. The van der Waals surface area contributed by atoms with Gasteiger partial charge in [-0.3, -0.25) is 0 Å². The Kier molecular flexibility index (Phi) is 4.42. The van der Waals surface area contributed by atoms with Gasteiger partial charge in [-0.25, -0.2) is 21.9 Å². The highest BCUT2D eigenvalue weighted by atomic mass is 32.2. The van der Waals surface area contributed by atoms with Crippen LogP contribution >= 0.6 is 0 Å². The molecule has 0 aliphatic carbocycles. The molecule has 8 heteroatoms. The third-order valence-electron chi connectivity index (χ3n) is 3.58. The van der Waals surface area contributed by atoms with E-state index in [0.29, 0.717) is 30.8 Å². The number of rotatable bonds is 4. The Morgan fingerprint density at radius 2 is 1.75 bits per heavy atom. The number of nitrogens with one attached hydrogen (secondary N) is 1. The van der Waals surface area contributed by atoms with Crippen molar-refractivity contribution in [3.05, 3.63) is 53.6 Å². The van der Waals surface area contributed by atoms with Crippen LogP contribution in [0.4, 0.5) is 8.78 Å². The zero-order valence-corrected chi connectivity index (χ0v) is 13.6. The summed E-state index contributed by atoms with van der Waals surface area (Å²) in [6.07, 6.45) is 0. The minimum atomic E-state index is -3.91. The van der Waals surface area contributed by atoms with Crippen molar-refractivity contribution < 1.29 is 26.7 Å². The summed E-state index contributed by atoms with van der Waals surface area (Å²) in [5.41, 5.74) is 0.0533. The number of ether oxygens (including phenoxy) is 2. The Morgan fingerprint density at radius 1 is 1.04 bits per heavy atom. The Bertz CT molecular complexity index is 870. The highest BCUT2D eigenvalue weighted by Gasteiger charge is 2.23. The normalized spacial score (nSPS) is 15.1. The Hall–Kier alpha value is -2.19. The van der Waals surface area contributed by atoms with Crippen LogP contribution in [-0.2, 0) is 10.0 Å². The molecular formula is C16H15F2NO4S. The van der Waals surface area contributed by atoms with Crippen LogP contribution in [-0.4, -0.2) is 21.6 Å². The fraction of sp³-hybridized carbons (Fsp3) is 0.250. The van der Waals surface area contributed by atoms with Crippen LogP contribution in [0.3, 0.4) is 0 Å². The van der Waals surface area contributed by atoms with Gasteiger partial charge in [0, 0.05) is 23.7 Å². The summed E-state index contributed by atoms with van der Waals surface area (Å²) in [6, 6.07) is 6.36. The van der Waals surface area contributed by atoms with E-state index in [1.807, 2.05) is 0 Å². The fourth-order valence-corrected chi connectivity index (χ4v) is 3.65. The van der Waals surface area contributed by atoms with Crippen molar-refractivity contribution >= 4 is 10.0 Å². The Morgan fingerprint density at radius 3 is 2.46 bits per heavy atom. The van der Waals surface area contributed by atoms with Crippen LogP contribution in [0, 0.1) is 11.6 Å². The number of sulfonamides is 1. The van der Waals surface area contributed by atoms with E-state index in [1.165, 1.54) is 31.2 Å². The average molecular weight is 355 g/mol. The molecule has 0 aromatic heterocycles. The van der Waals surface area contributed by atoms with Crippen LogP contribution in [0.25, 0.3) is 0 Å². The number of benzene rings is 2. The van der Waals surface area contributed by atoms with E-state index >= 15 is 0 Å². The summed E-state index contributed by atoms with van der Waals surface area (Å²) < 4.78 is 64.8. The maximum atomic E-state index is 13.8. The number of fused-ring (bicyclic) bond motifs is 1. The molecule has 128 valence electrons. The summed E-state index contributed by atoms with van der Waals surface area (Å²) in [7, 11) is -3.91. The lowest BCUT2D eigenvalue weighted by Crippen LogP contribution is -2.27. The summed E-state index contributed by atoms with van der Waals surface area (Å²) in [6.45, 7) is 2.21. The first-order chi connectivity index (χ1) is 11.4. The van der Waals surface area contributed by atoms with E-state index in [2.05, 4.69) is 4.72 Å². The standard InChI is InChI=1S/C16H15F2NO4S/c1-10(13-4-2-11(17)8-14(13)18)19-24(20,21)12-3-5-15-16(9-12)23-7-6-22-15/h2-5,8-10,19H,6-7H2,1H3/t10-/m0/s1. The zero-order chi connectivity index (χ0) is 17.3. The van der Waals surface area contributed by atoms with Crippen molar-refractivity contribution in [2.45, 2.75) is 17.9 Å². The van der Waals surface area contributed by atoms with Gasteiger partial charge in [-0.1, -0.05) is 6.07 Å². The number of hydrogen-bond donors (Lipinski definition) is 1. The molecule has 24 heavy (non-hydrogen) atoms. The van der Waals surface area contributed by atoms with E-state index < -0.39 is 27.7 Å². The summed E-state index contributed by atoms with van der Waals surface area (Å²) in [5.74, 6) is -0.729. The van der Waals surface area contributed by atoms with Gasteiger partial charge < -0.3 is 9.47 Å². The van der Waals surface area contributed by atoms with Crippen LogP contribution in [0.2, 0.25) is 0 Å². The molecule has 1 aliphatic rings. The lowest BCUT2D eigenvalue weighted by molar-refractivity contribution is 0.171. The molecule has 5 nitrogen and oxygen atoms in total. The SMILES string of the molecule is C[C@H](NS(=O)(=O)c1ccc2c(c1)OCCO2)c1ccc(F)cc1F. The highest BCUT2D eigenvalue weighted by Crippen LogP contribution is 2.32. The van der Waals surface area contributed by atoms with Crippen molar-refractivity contribution in [1.29, 1.82) is 0 Å². The molecule has 0 unspecified atom stereocenters. The molecule has 0 saturated carbocycles. The van der Waals surface area contributed by atoms with Crippen molar-refractivity contribution in [2.75, 3.05) is 13.2 Å². The largest absolute Gasteiger partial charge is 0.486 e. The molecule has 1 N–H and O–H groups in total. The first-order valence-corrected chi connectivity index (χ1v) is 8.72. The lowest BCUT2D eigenvalue weighted by atomic mass is 10.1. The molecule has 2 aromatic carbocycles. The van der Waals surface area contributed by atoms with E-state index in [1.54, 1.807) is 0 Å². The van der Waals surface area contributed by atoms with Gasteiger partial charge in [-0.05, 0) is 25.1 Å². The summed E-state index contributed by atoms with van der Waals surface area (Å²) >= 11 is 0. The van der Waals surface area contributed by atoms with Crippen LogP contribution in [0.1, 0.15) is 18.5 Å². The van der Waals surface area contributed by atoms with Crippen LogP contribution in [0.5, 0.6) is 11.5 Å². The molecule has 0 spiro atoms. The molecule has 1 aliphatic heterocycles. The summed E-state index contributed by atoms with van der Waals surface area (Å²) in [4.78, 5) is -0.0267. The molecule has 0 amide bonds. The average Bonchev–Trinajstić information content (AvgIpc) is 2.53. The molecule has 0 bridgehead atoms.